The van der Waals surface area contributed by atoms with Crippen molar-refractivity contribution in [3.05, 3.63) is 17.0 Å². The zero-order valence-corrected chi connectivity index (χ0v) is 9.76. The van der Waals surface area contributed by atoms with Crippen LogP contribution in [0.1, 0.15) is 12.6 Å². The Morgan fingerprint density at radius 2 is 2.06 bits per heavy atom. The van der Waals surface area contributed by atoms with Crippen molar-refractivity contribution in [3.63, 3.8) is 0 Å². The molecule has 1 N–H and O–H groups in total. The Morgan fingerprint density at radius 1 is 1.41 bits per heavy atom. The molecule has 17 heavy (non-hydrogen) atoms. The molecule has 1 heterocycles. The summed E-state index contributed by atoms with van der Waals surface area (Å²) in [5, 5.41) is 8.32. The van der Waals surface area contributed by atoms with Crippen molar-refractivity contribution in [2.45, 2.75) is 13.1 Å². The van der Waals surface area contributed by atoms with Gasteiger partial charge in [-0.25, -0.2) is 9.97 Å². The van der Waals surface area contributed by atoms with E-state index in [1.165, 1.54) is 4.90 Å². The van der Waals surface area contributed by atoms with Crippen LogP contribution in [0.4, 0.5) is 19.0 Å². The first-order chi connectivity index (χ1) is 7.88. The highest BCUT2D eigenvalue weighted by atomic mass is 35.5. The molecule has 1 aromatic rings. The van der Waals surface area contributed by atoms with E-state index in [9.17, 15) is 13.2 Å². The smallest absolute Gasteiger partial charge is 0.395 e. The molecule has 0 bridgehead atoms. The highest BCUT2D eigenvalue weighted by Crippen LogP contribution is 2.30. The Hall–Kier alpha value is -1.08. The molecule has 0 aliphatic heterocycles. The zero-order chi connectivity index (χ0) is 13.1. The second kappa shape index (κ2) is 5.50. The van der Waals surface area contributed by atoms with E-state index in [2.05, 4.69) is 9.97 Å². The highest BCUT2D eigenvalue weighted by molar-refractivity contribution is 6.28. The van der Waals surface area contributed by atoms with Crippen molar-refractivity contribution in [3.8, 4) is 0 Å². The second-order valence-corrected chi connectivity index (χ2v) is 3.52. The summed E-state index contributed by atoms with van der Waals surface area (Å²) < 4.78 is 37.5. The van der Waals surface area contributed by atoms with Crippen LogP contribution in [0, 0.1) is 0 Å². The van der Waals surface area contributed by atoms with Crippen LogP contribution >= 0.6 is 11.6 Å². The predicted octanol–water partition coefficient (Wildman–Crippen LogP) is 1.97. The normalized spacial score (nSPS) is 11.6. The lowest BCUT2D eigenvalue weighted by Gasteiger charge is -2.21. The topological polar surface area (TPSA) is 49.2 Å². The fraction of sp³-hybridized carbons (Fsp3) is 0.556. The molecule has 0 saturated carbocycles. The standard InChI is InChI=1S/C9H11ClF3N3O/c1-2-16(3-4-17)7-5-6(9(11,12)13)14-8(10)15-7/h5,17H,2-4H2,1H3. The summed E-state index contributed by atoms with van der Waals surface area (Å²) in [6.07, 6.45) is -4.57. The number of rotatable bonds is 4. The molecular weight excluding hydrogens is 259 g/mol. The van der Waals surface area contributed by atoms with E-state index >= 15 is 0 Å². The first-order valence-corrected chi connectivity index (χ1v) is 5.24. The lowest BCUT2D eigenvalue weighted by molar-refractivity contribution is -0.141. The van der Waals surface area contributed by atoms with Gasteiger partial charge < -0.3 is 10.0 Å². The maximum atomic E-state index is 12.5. The van der Waals surface area contributed by atoms with E-state index in [1.54, 1.807) is 6.92 Å². The average Bonchev–Trinajstić information content (AvgIpc) is 2.23. The number of aromatic nitrogens is 2. The minimum atomic E-state index is -4.57. The molecule has 4 nitrogen and oxygen atoms in total. The SMILES string of the molecule is CCN(CCO)c1cc(C(F)(F)F)nc(Cl)n1. The van der Waals surface area contributed by atoms with E-state index < -0.39 is 17.2 Å². The Bertz CT molecular complexity index is 386. The van der Waals surface area contributed by atoms with E-state index in [0.29, 0.717) is 6.54 Å². The lowest BCUT2D eigenvalue weighted by atomic mass is 10.3. The van der Waals surface area contributed by atoms with Crippen LogP contribution in [0.3, 0.4) is 0 Å². The van der Waals surface area contributed by atoms with Crippen LogP contribution in [0.2, 0.25) is 5.28 Å². The Labute approximate surface area is 101 Å². The van der Waals surface area contributed by atoms with Crippen LogP contribution < -0.4 is 4.90 Å². The number of hydrogen-bond acceptors (Lipinski definition) is 4. The van der Waals surface area contributed by atoms with Crippen molar-refractivity contribution < 1.29 is 18.3 Å². The van der Waals surface area contributed by atoms with E-state index in [-0.39, 0.29) is 19.0 Å². The summed E-state index contributed by atoms with van der Waals surface area (Å²) in [5.41, 5.74) is -1.09. The quantitative estimate of drug-likeness (QED) is 0.849. The Balaban J connectivity index is 3.12. The molecule has 0 saturated heterocycles. The molecule has 8 heteroatoms. The molecule has 1 aromatic heterocycles. The third kappa shape index (κ3) is 3.71. The summed E-state index contributed by atoms with van der Waals surface area (Å²) in [6.45, 7) is 2.14. The number of anilines is 1. The number of likely N-dealkylation sites (N-methyl/N-ethyl adjacent to an activating group) is 1. The van der Waals surface area contributed by atoms with Gasteiger partial charge in [-0.2, -0.15) is 13.2 Å². The van der Waals surface area contributed by atoms with Gasteiger partial charge in [0, 0.05) is 19.2 Å². The molecule has 0 amide bonds. The maximum Gasteiger partial charge on any atom is 0.433 e. The van der Waals surface area contributed by atoms with Crippen molar-refractivity contribution in [1.82, 2.24) is 9.97 Å². The van der Waals surface area contributed by atoms with Crippen molar-refractivity contribution in [2.75, 3.05) is 24.6 Å². The monoisotopic (exact) mass is 269 g/mol. The third-order valence-electron chi connectivity index (χ3n) is 2.05. The molecule has 0 aromatic carbocycles. The number of alkyl halides is 3. The third-order valence-corrected chi connectivity index (χ3v) is 2.22. The fourth-order valence-corrected chi connectivity index (χ4v) is 1.45. The van der Waals surface area contributed by atoms with Crippen molar-refractivity contribution in [1.29, 1.82) is 0 Å². The maximum absolute atomic E-state index is 12.5. The van der Waals surface area contributed by atoms with Crippen LogP contribution in [-0.2, 0) is 6.18 Å². The summed E-state index contributed by atoms with van der Waals surface area (Å²) in [4.78, 5) is 8.30. The summed E-state index contributed by atoms with van der Waals surface area (Å²) in [7, 11) is 0. The average molecular weight is 270 g/mol. The first-order valence-electron chi connectivity index (χ1n) is 4.86. The largest absolute Gasteiger partial charge is 0.433 e. The molecule has 0 radical (unpaired) electrons. The Morgan fingerprint density at radius 3 is 2.53 bits per heavy atom. The van der Waals surface area contributed by atoms with Crippen LogP contribution in [0.25, 0.3) is 0 Å². The fourth-order valence-electron chi connectivity index (χ4n) is 1.27. The summed E-state index contributed by atoms with van der Waals surface area (Å²) in [5.74, 6) is 0.0499. The Kier molecular flexibility index (Phi) is 4.53. The molecule has 1 rings (SSSR count). The minimum absolute atomic E-state index is 0.0499. The molecule has 0 atom stereocenters. The van der Waals surface area contributed by atoms with Gasteiger partial charge >= 0.3 is 6.18 Å². The molecule has 0 aliphatic carbocycles. The lowest BCUT2D eigenvalue weighted by Crippen LogP contribution is -2.27. The van der Waals surface area contributed by atoms with Gasteiger partial charge in [-0.05, 0) is 18.5 Å². The van der Waals surface area contributed by atoms with E-state index in [4.69, 9.17) is 16.7 Å². The van der Waals surface area contributed by atoms with Gasteiger partial charge in [0.1, 0.15) is 5.82 Å². The van der Waals surface area contributed by atoms with Crippen molar-refractivity contribution in [2.24, 2.45) is 0 Å². The molecule has 0 fully saturated rings. The van der Waals surface area contributed by atoms with Crippen LogP contribution in [0.15, 0.2) is 6.07 Å². The van der Waals surface area contributed by atoms with Crippen LogP contribution in [-0.4, -0.2) is 34.8 Å². The van der Waals surface area contributed by atoms with Gasteiger partial charge in [0.25, 0.3) is 0 Å². The summed E-state index contributed by atoms with van der Waals surface area (Å²) in [6, 6.07) is 0.811. The number of aliphatic hydroxyl groups excluding tert-OH is 1. The number of nitrogens with zero attached hydrogens (tertiary/aromatic N) is 3. The van der Waals surface area contributed by atoms with Gasteiger partial charge in [0.05, 0.1) is 6.61 Å². The summed E-state index contributed by atoms with van der Waals surface area (Å²) >= 11 is 5.45. The molecular formula is C9H11ClF3N3O. The molecule has 0 unspecified atom stereocenters. The van der Waals surface area contributed by atoms with Crippen molar-refractivity contribution >= 4 is 17.4 Å². The van der Waals surface area contributed by atoms with Crippen LogP contribution in [0.5, 0.6) is 0 Å². The predicted molar refractivity (Wildman–Crippen MR) is 57.0 cm³/mol. The number of aliphatic hydroxyl groups is 1. The minimum Gasteiger partial charge on any atom is -0.395 e. The molecule has 0 aliphatic rings. The number of hydrogen-bond donors (Lipinski definition) is 1. The first kappa shape index (κ1) is 14.0. The van der Waals surface area contributed by atoms with E-state index in [0.717, 1.165) is 6.07 Å². The molecule has 0 spiro atoms. The highest BCUT2D eigenvalue weighted by Gasteiger charge is 2.34. The zero-order valence-electron chi connectivity index (χ0n) is 9.00. The van der Waals surface area contributed by atoms with Gasteiger partial charge in [-0.3, -0.25) is 0 Å². The molecule has 96 valence electrons. The van der Waals surface area contributed by atoms with Gasteiger partial charge in [0.2, 0.25) is 5.28 Å². The number of halogens is 4. The van der Waals surface area contributed by atoms with Gasteiger partial charge in [0.15, 0.2) is 5.69 Å². The second-order valence-electron chi connectivity index (χ2n) is 3.18. The van der Waals surface area contributed by atoms with E-state index in [1.807, 2.05) is 0 Å². The van der Waals surface area contributed by atoms with Gasteiger partial charge in [-0.15, -0.1) is 0 Å². The van der Waals surface area contributed by atoms with Gasteiger partial charge in [-0.1, -0.05) is 0 Å².